The number of amides is 1. The van der Waals surface area contributed by atoms with Crippen molar-refractivity contribution in [1.82, 2.24) is 0 Å². The van der Waals surface area contributed by atoms with Crippen molar-refractivity contribution in [3.05, 3.63) is 32.8 Å². The van der Waals surface area contributed by atoms with E-state index in [9.17, 15) is 32.5 Å². The zero-order chi connectivity index (χ0) is 15.7. The van der Waals surface area contributed by atoms with Crippen LogP contribution in [-0.2, 0) is 4.79 Å². The minimum absolute atomic E-state index is 0.0273. The minimum atomic E-state index is -4.87. The van der Waals surface area contributed by atoms with Gasteiger partial charge in [0.2, 0.25) is 0 Å². The van der Waals surface area contributed by atoms with Gasteiger partial charge in [0.1, 0.15) is 5.02 Å². The molecule has 0 bridgehead atoms. The second kappa shape index (κ2) is 5.61. The van der Waals surface area contributed by atoms with Gasteiger partial charge in [0.05, 0.1) is 4.92 Å². The van der Waals surface area contributed by atoms with Gasteiger partial charge in [-0.05, 0) is 18.6 Å². The number of halogens is 5. The van der Waals surface area contributed by atoms with E-state index in [2.05, 4.69) is 0 Å². The highest BCUT2D eigenvalue weighted by molar-refractivity contribution is 6.33. The molecule has 0 saturated carbocycles. The maximum atomic E-state index is 12.8. The Labute approximate surface area is 114 Å². The molecule has 0 spiro atoms. The molecule has 1 N–H and O–H groups in total. The highest BCUT2D eigenvalue weighted by Gasteiger charge is 2.49. The Morgan fingerprint density at radius 3 is 2.45 bits per heavy atom. The zero-order valence-corrected chi connectivity index (χ0v) is 10.5. The molecule has 0 unspecified atom stereocenters. The van der Waals surface area contributed by atoms with Gasteiger partial charge in [-0.3, -0.25) is 14.9 Å². The van der Waals surface area contributed by atoms with E-state index in [1.807, 2.05) is 0 Å². The van der Waals surface area contributed by atoms with Gasteiger partial charge in [-0.25, -0.2) is 8.78 Å². The number of hydrogen-bond donors (Lipinski definition) is 1. The van der Waals surface area contributed by atoms with Gasteiger partial charge in [0, 0.05) is 11.8 Å². The third kappa shape index (κ3) is 3.16. The standard InChI is InChI=1S/C10H7ClF4N2O3/c1-4-2-7(17(19)20)5(11)3-6(4)16-9(18)10(14,15)8(12)13/h2-3,8H,1H3,(H,16,18). The number of aryl methyl sites for hydroxylation is 1. The van der Waals surface area contributed by atoms with E-state index in [0.717, 1.165) is 12.1 Å². The van der Waals surface area contributed by atoms with Crippen molar-refractivity contribution in [1.29, 1.82) is 0 Å². The van der Waals surface area contributed by atoms with E-state index in [0.29, 0.717) is 0 Å². The van der Waals surface area contributed by atoms with Gasteiger partial charge in [-0.2, -0.15) is 8.78 Å². The molecule has 5 nitrogen and oxygen atoms in total. The van der Waals surface area contributed by atoms with Crippen LogP contribution in [0.15, 0.2) is 12.1 Å². The normalized spacial score (nSPS) is 11.6. The number of hydrogen-bond acceptors (Lipinski definition) is 3. The predicted molar refractivity (Wildman–Crippen MR) is 62.4 cm³/mol. The number of nitro groups is 1. The Bertz CT molecular complexity index is 566. The number of benzene rings is 1. The van der Waals surface area contributed by atoms with Gasteiger partial charge in [-0.1, -0.05) is 11.6 Å². The van der Waals surface area contributed by atoms with Gasteiger partial charge in [0.15, 0.2) is 0 Å². The summed E-state index contributed by atoms with van der Waals surface area (Å²) < 4.78 is 49.5. The first-order chi connectivity index (χ1) is 9.07. The summed E-state index contributed by atoms with van der Waals surface area (Å²) in [5.74, 6) is -7.10. The lowest BCUT2D eigenvalue weighted by molar-refractivity contribution is -0.384. The molecule has 1 aromatic rings. The third-order valence-electron chi connectivity index (χ3n) is 2.32. The molecule has 0 saturated heterocycles. The van der Waals surface area contributed by atoms with E-state index in [1.165, 1.54) is 6.92 Å². The summed E-state index contributed by atoms with van der Waals surface area (Å²) in [5, 5.41) is 11.7. The SMILES string of the molecule is Cc1cc([N+](=O)[O-])c(Cl)cc1NC(=O)C(F)(F)C(F)F. The molecule has 0 heterocycles. The molecule has 1 rings (SSSR count). The number of nitrogens with one attached hydrogen (secondary N) is 1. The summed E-state index contributed by atoms with van der Waals surface area (Å²) in [6.45, 7) is 1.26. The van der Waals surface area contributed by atoms with Gasteiger partial charge >= 0.3 is 18.3 Å². The van der Waals surface area contributed by atoms with E-state index in [1.54, 1.807) is 5.32 Å². The molecule has 0 aliphatic carbocycles. The van der Waals surface area contributed by atoms with Crippen molar-refractivity contribution in [2.45, 2.75) is 19.3 Å². The number of carbonyl (C=O) groups is 1. The third-order valence-corrected chi connectivity index (χ3v) is 2.62. The van der Waals surface area contributed by atoms with Gasteiger partial charge in [0.25, 0.3) is 5.69 Å². The number of rotatable bonds is 4. The molecule has 110 valence electrons. The lowest BCUT2D eigenvalue weighted by atomic mass is 10.1. The highest BCUT2D eigenvalue weighted by atomic mass is 35.5. The Morgan fingerprint density at radius 2 is 2.00 bits per heavy atom. The average molecular weight is 315 g/mol. The Kier molecular flexibility index (Phi) is 4.53. The van der Waals surface area contributed by atoms with Crippen LogP contribution in [0.1, 0.15) is 5.56 Å². The average Bonchev–Trinajstić information content (AvgIpc) is 2.32. The number of carbonyl (C=O) groups excluding carboxylic acids is 1. The smallest absolute Gasteiger partial charge is 0.320 e. The van der Waals surface area contributed by atoms with Crippen molar-refractivity contribution in [2.75, 3.05) is 5.32 Å². The summed E-state index contributed by atoms with van der Waals surface area (Å²) in [5.41, 5.74) is -0.784. The number of nitro benzene ring substituents is 1. The molecular formula is C10H7ClF4N2O3. The van der Waals surface area contributed by atoms with Crippen LogP contribution in [-0.4, -0.2) is 23.2 Å². The fourth-order valence-corrected chi connectivity index (χ4v) is 1.48. The van der Waals surface area contributed by atoms with Crippen LogP contribution in [0.25, 0.3) is 0 Å². The molecule has 0 aliphatic heterocycles. The molecule has 20 heavy (non-hydrogen) atoms. The molecule has 1 amide bonds. The van der Waals surface area contributed by atoms with Crippen molar-refractivity contribution >= 4 is 28.9 Å². The lowest BCUT2D eigenvalue weighted by Crippen LogP contribution is -2.41. The van der Waals surface area contributed by atoms with Crippen molar-refractivity contribution < 1.29 is 27.3 Å². The summed E-state index contributed by atoms with van der Waals surface area (Å²) in [7, 11) is 0. The molecule has 0 radical (unpaired) electrons. The molecular weight excluding hydrogens is 308 g/mol. The lowest BCUT2D eigenvalue weighted by Gasteiger charge is -2.16. The first kappa shape index (κ1) is 16.2. The fourth-order valence-electron chi connectivity index (χ4n) is 1.25. The van der Waals surface area contributed by atoms with Crippen LogP contribution in [0.4, 0.5) is 28.9 Å². The first-order valence-electron chi connectivity index (χ1n) is 4.99. The van der Waals surface area contributed by atoms with Crippen LogP contribution in [0, 0.1) is 17.0 Å². The van der Waals surface area contributed by atoms with E-state index >= 15 is 0 Å². The maximum Gasteiger partial charge on any atom is 0.383 e. The first-order valence-corrected chi connectivity index (χ1v) is 5.37. The van der Waals surface area contributed by atoms with Crippen molar-refractivity contribution in [3.8, 4) is 0 Å². The minimum Gasteiger partial charge on any atom is -0.320 e. The van der Waals surface area contributed by atoms with Crippen molar-refractivity contribution in [3.63, 3.8) is 0 Å². The van der Waals surface area contributed by atoms with E-state index in [-0.39, 0.29) is 11.3 Å². The van der Waals surface area contributed by atoms with Crippen LogP contribution in [0.3, 0.4) is 0 Å². The maximum absolute atomic E-state index is 12.8. The predicted octanol–water partition coefficient (Wildman–Crippen LogP) is 3.40. The fraction of sp³-hybridized carbons (Fsp3) is 0.300. The van der Waals surface area contributed by atoms with Gasteiger partial charge in [-0.15, -0.1) is 0 Å². The van der Waals surface area contributed by atoms with Crippen LogP contribution < -0.4 is 5.32 Å². The number of alkyl halides is 4. The monoisotopic (exact) mass is 314 g/mol. The van der Waals surface area contributed by atoms with Gasteiger partial charge < -0.3 is 5.32 Å². The van der Waals surface area contributed by atoms with Crippen molar-refractivity contribution in [2.24, 2.45) is 0 Å². The second-order valence-corrected chi connectivity index (χ2v) is 4.16. The Morgan fingerprint density at radius 1 is 1.45 bits per heavy atom. The molecule has 1 aromatic carbocycles. The van der Waals surface area contributed by atoms with Crippen LogP contribution in [0.5, 0.6) is 0 Å². The second-order valence-electron chi connectivity index (χ2n) is 3.75. The summed E-state index contributed by atoms with van der Waals surface area (Å²) in [6, 6.07) is 1.77. The summed E-state index contributed by atoms with van der Waals surface area (Å²) in [6.07, 6.45) is -4.17. The Balaban J connectivity index is 3.09. The van der Waals surface area contributed by atoms with Crippen LogP contribution in [0.2, 0.25) is 5.02 Å². The number of anilines is 1. The summed E-state index contributed by atoms with van der Waals surface area (Å²) in [4.78, 5) is 20.8. The number of nitrogens with zero attached hydrogens (tertiary/aromatic N) is 1. The molecule has 0 atom stereocenters. The molecule has 0 fully saturated rings. The molecule has 0 aliphatic rings. The molecule has 10 heteroatoms. The van der Waals surface area contributed by atoms with E-state index in [4.69, 9.17) is 11.6 Å². The quantitative estimate of drug-likeness (QED) is 0.526. The molecule has 0 aromatic heterocycles. The largest absolute Gasteiger partial charge is 0.383 e. The Hall–Kier alpha value is -1.90. The van der Waals surface area contributed by atoms with Crippen LogP contribution >= 0.6 is 11.6 Å². The highest BCUT2D eigenvalue weighted by Crippen LogP contribution is 2.32. The van der Waals surface area contributed by atoms with E-state index < -0.39 is 33.9 Å². The summed E-state index contributed by atoms with van der Waals surface area (Å²) >= 11 is 5.53. The topological polar surface area (TPSA) is 72.2 Å². The zero-order valence-electron chi connectivity index (χ0n) is 9.79.